The lowest BCUT2D eigenvalue weighted by molar-refractivity contribution is 0.0784. The largest absolute Gasteiger partial charge is 0.399 e. The zero-order chi connectivity index (χ0) is 13.0. The summed E-state index contributed by atoms with van der Waals surface area (Å²) in [6.07, 6.45) is 4.42. The summed E-state index contributed by atoms with van der Waals surface area (Å²) < 4.78 is 0. The molecule has 2 rings (SSSR count). The van der Waals surface area contributed by atoms with Gasteiger partial charge in [0.1, 0.15) is 6.33 Å². The molecule has 0 unspecified atom stereocenters. The van der Waals surface area contributed by atoms with E-state index in [1.165, 1.54) is 18.7 Å². The monoisotopic (exact) mass is 242 g/mol. The summed E-state index contributed by atoms with van der Waals surface area (Å²) in [5, 5.41) is 0. The van der Waals surface area contributed by atoms with E-state index in [-0.39, 0.29) is 5.91 Å². The van der Waals surface area contributed by atoms with E-state index in [1.807, 2.05) is 24.3 Å². The molecule has 5 nitrogen and oxygen atoms in total. The number of nitrogens with two attached hydrogens (primary N) is 1. The Morgan fingerprint density at radius 3 is 2.44 bits per heavy atom. The van der Waals surface area contributed by atoms with Crippen LogP contribution < -0.4 is 5.73 Å². The topological polar surface area (TPSA) is 72.1 Å². The SMILES string of the molecule is CN(Cc1ccc(N)cc1)C(=O)c1cncnc1. The number of carbonyl (C=O) groups is 1. The zero-order valence-electron chi connectivity index (χ0n) is 10.1. The third-order valence-corrected chi connectivity index (χ3v) is 2.55. The molecule has 1 aromatic carbocycles. The Balaban J connectivity index is 2.06. The Morgan fingerprint density at radius 2 is 1.83 bits per heavy atom. The number of hydrogen-bond donors (Lipinski definition) is 1. The molecule has 0 aliphatic heterocycles. The molecule has 92 valence electrons. The van der Waals surface area contributed by atoms with Gasteiger partial charge in [0.2, 0.25) is 0 Å². The average Bonchev–Trinajstić information content (AvgIpc) is 2.41. The number of rotatable bonds is 3. The van der Waals surface area contributed by atoms with Gasteiger partial charge in [-0.25, -0.2) is 9.97 Å². The van der Waals surface area contributed by atoms with E-state index >= 15 is 0 Å². The molecular weight excluding hydrogens is 228 g/mol. The smallest absolute Gasteiger partial charge is 0.257 e. The van der Waals surface area contributed by atoms with Gasteiger partial charge in [0, 0.05) is 31.7 Å². The van der Waals surface area contributed by atoms with Crippen LogP contribution in [0.1, 0.15) is 15.9 Å². The van der Waals surface area contributed by atoms with Crippen molar-refractivity contribution in [2.45, 2.75) is 6.54 Å². The number of amides is 1. The lowest BCUT2D eigenvalue weighted by atomic mass is 10.2. The van der Waals surface area contributed by atoms with Crippen LogP contribution in [0.15, 0.2) is 43.0 Å². The molecule has 0 spiro atoms. The molecule has 2 N–H and O–H groups in total. The predicted molar refractivity (Wildman–Crippen MR) is 68.7 cm³/mol. The molecule has 0 bridgehead atoms. The molecule has 1 heterocycles. The molecule has 0 saturated carbocycles. The number of aromatic nitrogens is 2. The predicted octanol–water partition coefficient (Wildman–Crippen LogP) is 1.33. The van der Waals surface area contributed by atoms with Crippen LogP contribution in [0.4, 0.5) is 5.69 Å². The fraction of sp³-hybridized carbons (Fsp3) is 0.154. The van der Waals surface area contributed by atoms with Gasteiger partial charge in [0.05, 0.1) is 5.56 Å². The van der Waals surface area contributed by atoms with E-state index in [9.17, 15) is 4.79 Å². The van der Waals surface area contributed by atoms with Crippen LogP contribution in [-0.2, 0) is 6.54 Å². The van der Waals surface area contributed by atoms with Crippen molar-refractivity contribution in [1.29, 1.82) is 0 Å². The van der Waals surface area contributed by atoms with Crippen LogP contribution >= 0.6 is 0 Å². The Bertz CT molecular complexity index is 524. The van der Waals surface area contributed by atoms with E-state index in [0.717, 1.165) is 5.56 Å². The maximum atomic E-state index is 12.0. The van der Waals surface area contributed by atoms with Gasteiger partial charge in [-0.15, -0.1) is 0 Å². The number of anilines is 1. The summed E-state index contributed by atoms with van der Waals surface area (Å²) in [6.45, 7) is 0.522. The number of hydrogen-bond acceptors (Lipinski definition) is 4. The van der Waals surface area contributed by atoms with Crippen molar-refractivity contribution in [2.75, 3.05) is 12.8 Å². The van der Waals surface area contributed by atoms with Crippen LogP contribution in [-0.4, -0.2) is 27.8 Å². The third kappa shape index (κ3) is 2.82. The molecule has 5 heteroatoms. The third-order valence-electron chi connectivity index (χ3n) is 2.55. The average molecular weight is 242 g/mol. The second-order valence-corrected chi connectivity index (χ2v) is 4.03. The summed E-state index contributed by atoms with van der Waals surface area (Å²) in [6, 6.07) is 7.44. The highest BCUT2D eigenvalue weighted by Gasteiger charge is 2.12. The molecule has 0 atom stereocenters. The summed E-state index contributed by atoms with van der Waals surface area (Å²) in [5.74, 6) is -0.104. The van der Waals surface area contributed by atoms with Gasteiger partial charge in [0.15, 0.2) is 0 Å². The molecule has 18 heavy (non-hydrogen) atoms. The quantitative estimate of drug-likeness (QED) is 0.824. The molecule has 2 aromatic rings. The van der Waals surface area contributed by atoms with Gasteiger partial charge in [-0.05, 0) is 17.7 Å². The van der Waals surface area contributed by atoms with E-state index in [0.29, 0.717) is 17.8 Å². The van der Waals surface area contributed by atoms with Gasteiger partial charge in [-0.3, -0.25) is 4.79 Å². The van der Waals surface area contributed by atoms with Crippen molar-refractivity contribution in [2.24, 2.45) is 0 Å². The van der Waals surface area contributed by atoms with Crippen molar-refractivity contribution in [1.82, 2.24) is 14.9 Å². The number of carbonyl (C=O) groups excluding carboxylic acids is 1. The van der Waals surface area contributed by atoms with Crippen molar-refractivity contribution in [3.63, 3.8) is 0 Å². The highest BCUT2D eigenvalue weighted by Crippen LogP contribution is 2.09. The zero-order valence-corrected chi connectivity index (χ0v) is 10.1. The van der Waals surface area contributed by atoms with Crippen LogP contribution in [0.3, 0.4) is 0 Å². The van der Waals surface area contributed by atoms with Gasteiger partial charge in [-0.1, -0.05) is 12.1 Å². The van der Waals surface area contributed by atoms with E-state index in [4.69, 9.17) is 5.73 Å². The van der Waals surface area contributed by atoms with Crippen molar-refractivity contribution >= 4 is 11.6 Å². The minimum Gasteiger partial charge on any atom is -0.399 e. The molecular formula is C13H14N4O. The molecule has 1 amide bonds. The van der Waals surface area contributed by atoms with E-state index in [1.54, 1.807) is 11.9 Å². The van der Waals surface area contributed by atoms with Crippen LogP contribution in [0.25, 0.3) is 0 Å². The fourth-order valence-electron chi connectivity index (χ4n) is 1.60. The molecule has 1 aromatic heterocycles. The van der Waals surface area contributed by atoms with Gasteiger partial charge < -0.3 is 10.6 Å². The van der Waals surface area contributed by atoms with Crippen molar-refractivity contribution < 1.29 is 4.79 Å². The van der Waals surface area contributed by atoms with E-state index < -0.39 is 0 Å². The standard InChI is InChI=1S/C13H14N4O/c1-17(8-10-2-4-12(14)5-3-10)13(18)11-6-15-9-16-7-11/h2-7,9H,8,14H2,1H3. The Labute approximate surface area is 105 Å². The first kappa shape index (κ1) is 12.0. The Kier molecular flexibility index (Phi) is 3.52. The number of benzene rings is 1. The first-order chi connectivity index (χ1) is 8.66. The molecule has 0 fully saturated rings. The van der Waals surface area contributed by atoms with Crippen molar-refractivity contribution in [3.05, 3.63) is 54.1 Å². The van der Waals surface area contributed by atoms with Crippen molar-refractivity contribution in [3.8, 4) is 0 Å². The molecule has 0 radical (unpaired) electrons. The second-order valence-electron chi connectivity index (χ2n) is 4.03. The van der Waals surface area contributed by atoms with Crippen LogP contribution in [0.2, 0.25) is 0 Å². The highest BCUT2D eigenvalue weighted by atomic mass is 16.2. The number of nitrogen functional groups attached to an aromatic ring is 1. The molecule has 0 aliphatic carbocycles. The van der Waals surface area contributed by atoms with E-state index in [2.05, 4.69) is 9.97 Å². The van der Waals surface area contributed by atoms with Gasteiger partial charge in [0.25, 0.3) is 5.91 Å². The summed E-state index contributed by atoms with van der Waals surface area (Å²) in [7, 11) is 1.74. The lowest BCUT2D eigenvalue weighted by Gasteiger charge is -2.16. The Hall–Kier alpha value is -2.43. The molecule has 0 saturated heterocycles. The summed E-state index contributed by atoms with van der Waals surface area (Å²) >= 11 is 0. The summed E-state index contributed by atoms with van der Waals surface area (Å²) in [5.41, 5.74) is 7.83. The van der Waals surface area contributed by atoms with Crippen LogP contribution in [0.5, 0.6) is 0 Å². The first-order valence-corrected chi connectivity index (χ1v) is 5.51. The fourth-order valence-corrected chi connectivity index (χ4v) is 1.60. The van der Waals surface area contributed by atoms with Gasteiger partial charge in [-0.2, -0.15) is 0 Å². The minimum atomic E-state index is -0.104. The van der Waals surface area contributed by atoms with Crippen LogP contribution in [0, 0.1) is 0 Å². The first-order valence-electron chi connectivity index (χ1n) is 5.51. The maximum absolute atomic E-state index is 12.0. The highest BCUT2D eigenvalue weighted by molar-refractivity contribution is 5.93. The maximum Gasteiger partial charge on any atom is 0.257 e. The minimum absolute atomic E-state index is 0.104. The summed E-state index contributed by atoms with van der Waals surface area (Å²) in [4.78, 5) is 21.3. The Morgan fingerprint density at radius 1 is 1.22 bits per heavy atom. The molecule has 0 aliphatic rings. The lowest BCUT2D eigenvalue weighted by Crippen LogP contribution is -2.26. The second kappa shape index (κ2) is 5.27. The normalized spacial score (nSPS) is 10.1. The number of nitrogens with zero attached hydrogens (tertiary/aromatic N) is 3. The van der Waals surface area contributed by atoms with Gasteiger partial charge >= 0.3 is 0 Å².